The summed E-state index contributed by atoms with van der Waals surface area (Å²) in [4.78, 5) is 21.1. The monoisotopic (exact) mass is 398 g/mol. The summed E-state index contributed by atoms with van der Waals surface area (Å²) in [6, 6.07) is 22.5. The van der Waals surface area contributed by atoms with Crippen molar-refractivity contribution in [2.75, 3.05) is 10.6 Å². The Balaban J connectivity index is 1.45. The first-order valence-corrected chi connectivity index (χ1v) is 9.41. The van der Waals surface area contributed by atoms with Crippen LogP contribution in [0.2, 0.25) is 0 Å². The zero-order valence-electron chi connectivity index (χ0n) is 16.3. The van der Waals surface area contributed by atoms with Gasteiger partial charge < -0.3 is 10.6 Å². The van der Waals surface area contributed by atoms with Gasteiger partial charge >= 0.3 is 0 Å². The van der Waals surface area contributed by atoms with Crippen LogP contribution >= 0.6 is 0 Å². The molecule has 0 aliphatic heterocycles. The highest BCUT2D eigenvalue weighted by molar-refractivity contribution is 6.04. The first kappa shape index (κ1) is 19.3. The molecule has 0 fully saturated rings. The molecule has 0 spiro atoms. The summed E-state index contributed by atoms with van der Waals surface area (Å²) in [5, 5.41) is 6.08. The molecule has 0 radical (unpaired) electrons. The molecule has 0 unspecified atom stereocenters. The maximum absolute atomic E-state index is 13.1. The molecule has 0 saturated heterocycles. The molecule has 0 aliphatic rings. The summed E-state index contributed by atoms with van der Waals surface area (Å²) in [5.41, 5.74) is 3.90. The van der Waals surface area contributed by atoms with Crippen molar-refractivity contribution >= 4 is 23.1 Å². The van der Waals surface area contributed by atoms with Crippen LogP contribution in [0.1, 0.15) is 15.9 Å². The van der Waals surface area contributed by atoms with Crippen molar-refractivity contribution in [3.05, 3.63) is 102 Å². The largest absolute Gasteiger partial charge is 0.340 e. The van der Waals surface area contributed by atoms with Gasteiger partial charge in [-0.25, -0.2) is 14.4 Å². The lowest BCUT2D eigenvalue weighted by atomic mass is 10.1. The van der Waals surface area contributed by atoms with Gasteiger partial charge in [-0.1, -0.05) is 12.1 Å². The highest BCUT2D eigenvalue weighted by atomic mass is 19.1. The predicted molar refractivity (Wildman–Crippen MR) is 116 cm³/mol. The molecular formula is C24H19FN4O. The van der Waals surface area contributed by atoms with Crippen LogP contribution < -0.4 is 10.6 Å². The number of halogens is 1. The van der Waals surface area contributed by atoms with E-state index in [1.54, 1.807) is 36.5 Å². The van der Waals surface area contributed by atoms with Crippen LogP contribution in [0.3, 0.4) is 0 Å². The number of benzene rings is 3. The van der Waals surface area contributed by atoms with Gasteiger partial charge in [0.15, 0.2) is 5.82 Å². The fraction of sp³-hybridized carbons (Fsp3) is 0.0417. The molecule has 148 valence electrons. The van der Waals surface area contributed by atoms with Gasteiger partial charge in [0.1, 0.15) is 11.6 Å². The number of aromatic nitrogens is 2. The minimum Gasteiger partial charge on any atom is -0.340 e. The fourth-order valence-electron chi connectivity index (χ4n) is 2.95. The SMILES string of the molecule is Cc1cccc(NC(=O)c2ccc(Nc3ccnc(-c4ccc(F)cc4)n3)cc2)c1. The van der Waals surface area contributed by atoms with Crippen molar-refractivity contribution in [2.45, 2.75) is 6.92 Å². The highest BCUT2D eigenvalue weighted by Gasteiger charge is 2.07. The summed E-state index contributed by atoms with van der Waals surface area (Å²) in [5.74, 6) is 0.614. The van der Waals surface area contributed by atoms with Crippen LogP contribution in [0.4, 0.5) is 21.6 Å². The van der Waals surface area contributed by atoms with Gasteiger partial charge in [-0.2, -0.15) is 0 Å². The second-order valence-corrected chi connectivity index (χ2v) is 6.80. The van der Waals surface area contributed by atoms with Crippen LogP contribution in [0.25, 0.3) is 11.4 Å². The summed E-state index contributed by atoms with van der Waals surface area (Å²) < 4.78 is 13.1. The normalized spacial score (nSPS) is 10.5. The van der Waals surface area contributed by atoms with Gasteiger partial charge in [0, 0.05) is 28.7 Å². The number of hydrogen-bond donors (Lipinski definition) is 2. The molecular weight excluding hydrogens is 379 g/mol. The number of hydrogen-bond acceptors (Lipinski definition) is 4. The lowest BCUT2D eigenvalue weighted by Gasteiger charge is -2.09. The maximum Gasteiger partial charge on any atom is 0.255 e. The number of nitrogens with zero attached hydrogens (tertiary/aromatic N) is 2. The summed E-state index contributed by atoms with van der Waals surface area (Å²) in [6.07, 6.45) is 1.64. The number of anilines is 3. The smallest absolute Gasteiger partial charge is 0.255 e. The van der Waals surface area contributed by atoms with Crippen molar-refractivity contribution in [1.82, 2.24) is 9.97 Å². The topological polar surface area (TPSA) is 66.9 Å². The molecule has 0 saturated carbocycles. The van der Waals surface area contributed by atoms with E-state index in [-0.39, 0.29) is 11.7 Å². The van der Waals surface area contributed by atoms with E-state index in [9.17, 15) is 9.18 Å². The van der Waals surface area contributed by atoms with Crippen LogP contribution in [0.5, 0.6) is 0 Å². The van der Waals surface area contributed by atoms with Crippen LogP contribution in [0, 0.1) is 12.7 Å². The Hall–Kier alpha value is -4.06. The van der Waals surface area contributed by atoms with Crippen LogP contribution in [0.15, 0.2) is 85.1 Å². The lowest BCUT2D eigenvalue weighted by Crippen LogP contribution is -2.11. The number of rotatable bonds is 5. The van der Waals surface area contributed by atoms with E-state index in [1.807, 2.05) is 43.3 Å². The zero-order valence-corrected chi connectivity index (χ0v) is 16.3. The molecule has 5 nitrogen and oxygen atoms in total. The average molecular weight is 398 g/mol. The maximum atomic E-state index is 13.1. The summed E-state index contributed by atoms with van der Waals surface area (Å²) in [7, 11) is 0. The van der Waals surface area contributed by atoms with E-state index >= 15 is 0 Å². The molecule has 1 aromatic heterocycles. The Morgan fingerprint density at radius 1 is 0.900 bits per heavy atom. The summed E-state index contributed by atoms with van der Waals surface area (Å²) in [6.45, 7) is 1.98. The molecule has 0 bridgehead atoms. The first-order chi connectivity index (χ1) is 14.6. The minimum atomic E-state index is -0.306. The van der Waals surface area contributed by atoms with E-state index in [0.717, 1.165) is 22.5 Å². The average Bonchev–Trinajstić information content (AvgIpc) is 2.75. The Bertz CT molecular complexity index is 1170. The molecule has 2 N–H and O–H groups in total. The van der Waals surface area contributed by atoms with Gasteiger partial charge in [0.05, 0.1) is 0 Å². The van der Waals surface area contributed by atoms with E-state index < -0.39 is 0 Å². The lowest BCUT2D eigenvalue weighted by molar-refractivity contribution is 0.102. The molecule has 0 atom stereocenters. The van der Waals surface area contributed by atoms with Crippen LogP contribution in [-0.2, 0) is 0 Å². The van der Waals surface area contributed by atoms with Crippen LogP contribution in [-0.4, -0.2) is 15.9 Å². The number of aryl methyl sites for hydroxylation is 1. The van der Waals surface area contributed by atoms with Crippen molar-refractivity contribution in [3.63, 3.8) is 0 Å². The number of carbonyl (C=O) groups is 1. The minimum absolute atomic E-state index is 0.173. The Kier molecular flexibility index (Phi) is 5.48. The van der Waals surface area contributed by atoms with Gasteiger partial charge in [-0.15, -0.1) is 0 Å². The molecule has 1 heterocycles. The second kappa shape index (κ2) is 8.53. The zero-order chi connectivity index (χ0) is 20.9. The quantitative estimate of drug-likeness (QED) is 0.460. The second-order valence-electron chi connectivity index (χ2n) is 6.80. The van der Waals surface area contributed by atoms with Gasteiger partial charge in [-0.05, 0) is 79.2 Å². The van der Waals surface area contributed by atoms with E-state index in [2.05, 4.69) is 20.6 Å². The molecule has 6 heteroatoms. The van der Waals surface area contributed by atoms with Gasteiger partial charge in [0.25, 0.3) is 5.91 Å². The summed E-state index contributed by atoms with van der Waals surface area (Å²) >= 11 is 0. The molecule has 3 aromatic carbocycles. The van der Waals surface area contributed by atoms with Gasteiger partial charge in [-0.3, -0.25) is 4.79 Å². The van der Waals surface area contributed by atoms with E-state index in [4.69, 9.17) is 0 Å². The molecule has 4 rings (SSSR count). The Morgan fingerprint density at radius 3 is 2.40 bits per heavy atom. The van der Waals surface area contributed by atoms with Crippen molar-refractivity contribution in [3.8, 4) is 11.4 Å². The molecule has 4 aromatic rings. The fourth-order valence-corrected chi connectivity index (χ4v) is 2.95. The molecule has 30 heavy (non-hydrogen) atoms. The number of carbonyl (C=O) groups excluding carboxylic acids is 1. The van der Waals surface area contributed by atoms with Crippen molar-refractivity contribution in [1.29, 1.82) is 0 Å². The van der Waals surface area contributed by atoms with Crippen molar-refractivity contribution < 1.29 is 9.18 Å². The Labute approximate surface area is 173 Å². The van der Waals surface area contributed by atoms with Crippen molar-refractivity contribution in [2.24, 2.45) is 0 Å². The first-order valence-electron chi connectivity index (χ1n) is 9.41. The Morgan fingerprint density at radius 2 is 1.67 bits per heavy atom. The predicted octanol–water partition coefficient (Wildman–Crippen LogP) is 5.59. The van der Waals surface area contributed by atoms with E-state index in [1.165, 1.54) is 12.1 Å². The standard InChI is InChI=1S/C24H19FN4O/c1-16-3-2-4-21(15-16)28-24(30)18-7-11-20(12-8-18)27-22-13-14-26-23(29-22)17-5-9-19(25)10-6-17/h2-15H,1H3,(H,28,30)(H,26,27,29). The third-order valence-electron chi connectivity index (χ3n) is 4.45. The molecule has 1 amide bonds. The number of nitrogens with one attached hydrogen (secondary N) is 2. The third-order valence-corrected chi connectivity index (χ3v) is 4.45. The van der Waals surface area contributed by atoms with E-state index in [0.29, 0.717) is 17.2 Å². The number of amides is 1. The highest BCUT2D eigenvalue weighted by Crippen LogP contribution is 2.20. The molecule has 0 aliphatic carbocycles. The van der Waals surface area contributed by atoms with Gasteiger partial charge in [0.2, 0.25) is 0 Å². The third kappa shape index (κ3) is 4.67.